The van der Waals surface area contributed by atoms with E-state index in [0.29, 0.717) is 6.61 Å². The summed E-state index contributed by atoms with van der Waals surface area (Å²) in [5.41, 5.74) is -0.778. The molecular weight excluding hydrogens is 324 g/mol. The van der Waals surface area contributed by atoms with Gasteiger partial charge in [-0.15, -0.1) is 0 Å². The van der Waals surface area contributed by atoms with E-state index in [4.69, 9.17) is 14.2 Å². The Balaban J connectivity index is 1.94. The molecule has 6 heteroatoms. The molecule has 2 heterocycles. The topological polar surface area (TPSA) is 88.4 Å². The summed E-state index contributed by atoms with van der Waals surface area (Å²) in [6.07, 6.45) is -0.181. The molecule has 0 bridgehead atoms. The molecule has 0 radical (unpaired) electrons. The molecule has 0 saturated carbocycles. The molecule has 0 aliphatic carbocycles. The first-order chi connectivity index (χ1) is 11.8. The minimum atomic E-state index is -0.778. The van der Waals surface area contributed by atoms with Gasteiger partial charge >= 0.3 is 0 Å². The second-order valence-electron chi connectivity index (χ2n) is 8.05. The second kappa shape index (κ2) is 8.63. The maximum atomic E-state index is 10.3. The van der Waals surface area contributed by atoms with E-state index < -0.39 is 11.7 Å². The molecule has 2 fully saturated rings. The van der Waals surface area contributed by atoms with Crippen LogP contribution in [-0.2, 0) is 14.2 Å². The van der Waals surface area contributed by atoms with Gasteiger partial charge in [0.25, 0.3) is 0 Å². The first-order valence-electron chi connectivity index (χ1n) is 9.62. The average Bonchev–Trinajstić information content (AvgIpc) is 2.86. The monoisotopic (exact) mass is 360 g/mol. The third kappa shape index (κ3) is 4.04. The van der Waals surface area contributed by atoms with Gasteiger partial charge in [0.1, 0.15) is 5.60 Å². The third-order valence-electron chi connectivity index (χ3n) is 6.75. The summed E-state index contributed by atoms with van der Waals surface area (Å²) in [5.74, 6) is 0.585. The van der Waals surface area contributed by atoms with Crippen LogP contribution in [0.15, 0.2) is 0 Å². The van der Waals surface area contributed by atoms with Crippen LogP contribution in [0.3, 0.4) is 0 Å². The number of ether oxygens (including phenoxy) is 3. The quantitative estimate of drug-likeness (QED) is 0.632. The molecule has 2 aliphatic rings. The van der Waals surface area contributed by atoms with Gasteiger partial charge in [-0.1, -0.05) is 34.6 Å². The highest BCUT2D eigenvalue weighted by molar-refractivity contribution is 4.98. The predicted octanol–water partition coefficient (Wildman–Crippen LogP) is 1.21. The lowest BCUT2D eigenvalue weighted by atomic mass is 9.81. The van der Waals surface area contributed by atoms with Crippen LogP contribution in [-0.4, -0.2) is 71.8 Å². The first-order valence-corrected chi connectivity index (χ1v) is 9.62. The van der Waals surface area contributed by atoms with E-state index in [9.17, 15) is 15.3 Å². The van der Waals surface area contributed by atoms with Crippen LogP contribution in [0.25, 0.3) is 0 Å². The first kappa shape index (κ1) is 21.1. The van der Waals surface area contributed by atoms with Crippen molar-refractivity contribution in [3.63, 3.8) is 0 Å². The molecule has 0 spiro atoms. The summed E-state index contributed by atoms with van der Waals surface area (Å²) in [6.45, 7) is 10.7. The van der Waals surface area contributed by atoms with Crippen LogP contribution in [0.5, 0.6) is 0 Å². The van der Waals surface area contributed by atoms with Crippen molar-refractivity contribution in [2.24, 2.45) is 23.7 Å². The molecule has 3 N–H and O–H groups in total. The van der Waals surface area contributed by atoms with Gasteiger partial charge in [0, 0.05) is 0 Å². The standard InChI is InChI=1S/C19H36O6/c1-6-15-18(22)12(3)11(2)17(24-15)8-23-10-19(9-21)14(5)13(4)16(7-20)25-19/h11-18,20-22H,6-10H2,1-5H3. The zero-order valence-electron chi connectivity index (χ0n) is 16.2. The molecule has 0 aromatic carbocycles. The predicted molar refractivity (Wildman–Crippen MR) is 94.2 cm³/mol. The van der Waals surface area contributed by atoms with Crippen molar-refractivity contribution in [3.8, 4) is 0 Å². The maximum Gasteiger partial charge on any atom is 0.118 e. The van der Waals surface area contributed by atoms with Crippen molar-refractivity contribution >= 4 is 0 Å². The number of rotatable bonds is 7. The Labute approximate surface area is 151 Å². The minimum Gasteiger partial charge on any atom is -0.394 e. The van der Waals surface area contributed by atoms with Crippen molar-refractivity contribution < 1.29 is 29.5 Å². The fourth-order valence-electron chi connectivity index (χ4n) is 4.21. The highest BCUT2D eigenvalue weighted by Crippen LogP contribution is 2.40. The Morgan fingerprint density at radius 3 is 2.16 bits per heavy atom. The van der Waals surface area contributed by atoms with Gasteiger partial charge in [-0.25, -0.2) is 0 Å². The summed E-state index contributed by atoms with van der Waals surface area (Å²) < 4.78 is 17.9. The van der Waals surface area contributed by atoms with E-state index in [-0.39, 0.29) is 61.8 Å². The van der Waals surface area contributed by atoms with Gasteiger partial charge in [0.15, 0.2) is 0 Å². The van der Waals surface area contributed by atoms with Crippen molar-refractivity contribution in [1.82, 2.24) is 0 Å². The molecule has 0 aromatic rings. The maximum absolute atomic E-state index is 10.3. The number of aliphatic hydroxyl groups excluding tert-OH is 3. The lowest BCUT2D eigenvalue weighted by Gasteiger charge is -2.43. The van der Waals surface area contributed by atoms with Crippen molar-refractivity contribution in [1.29, 1.82) is 0 Å². The molecule has 9 unspecified atom stereocenters. The van der Waals surface area contributed by atoms with Gasteiger partial charge < -0.3 is 29.5 Å². The summed E-state index contributed by atoms with van der Waals surface area (Å²) >= 11 is 0. The van der Waals surface area contributed by atoms with Crippen molar-refractivity contribution in [2.45, 2.75) is 71.1 Å². The summed E-state index contributed by atoms with van der Waals surface area (Å²) in [5, 5.41) is 29.7. The second-order valence-corrected chi connectivity index (χ2v) is 8.05. The van der Waals surface area contributed by atoms with Crippen LogP contribution in [0.4, 0.5) is 0 Å². The van der Waals surface area contributed by atoms with E-state index in [1.165, 1.54) is 0 Å². The number of aliphatic hydroxyl groups is 3. The number of hydrogen-bond acceptors (Lipinski definition) is 6. The lowest BCUT2D eigenvalue weighted by Crippen LogP contribution is -2.51. The zero-order chi connectivity index (χ0) is 18.8. The molecular formula is C19H36O6. The largest absolute Gasteiger partial charge is 0.394 e. The molecule has 148 valence electrons. The Kier molecular flexibility index (Phi) is 7.27. The van der Waals surface area contributed by atoms with Crippen LogP contribution in [0.1, 0.15) is 41.0 Å². The van der Waals surface area contributed by atoms with Crippen LogP contribution in [0.2, 0.25) is 0 Å². The van der Waals surface area contributed by atoms with Crippen molar-refractivity contribution in [3.05, 3.63) is 0 Å². The normalized spacial score (nSPS) is 48.0. The third-order valence-corrected chi connectivity index (χ3v) is 6.75. The molecule has 0 amide bonds. The Morgan fingerprint density at radius 1 is 0.960 bits per heavy atom. The van der Waals surface area contributed by atoms with E-state index >= 15 is 0 Å². The highest BCUT2D eigenvalue weighted by atomic mass is 16.6. The average molecular weight is 360 g/mol. The molecule has 2 saturated heterocycles. The zero-order valence-corrected chi connectivity index (χ0v) is 16.2. The van der Waals surface area contributed by atoms with Gasteiger partial charge in [-0.05, 0) is 30.1 Å². The summed E-state index contributed by atoms with van der Waals surface area (Å²) in [6, 6.07) is 0. The molecule has 25 heavy (non-hydrogen) atoms. The molecule has 0 aromatic heterocycles. The Hall–Kier alpha value is -0.240. The Morgan fingerprint density at radius 2 is 1.64 bits per heavy atom. The number of hydrogen-bond donors (Lipinski definition) is 3. The van der Waals surface area contributed by atoms with Gasteiger partial charge in [-0.3, -0.25) is 0 Å². The van der Waals surface area contributed by atoms with E-state index in [1.807, 2.05) is 20.8 Å². The fraction of sp³-hybridized carbons (Fsp3) is 1.00. The summed E-state index contributed by atoms with van der Waals surface area (Å²) in [7, 11) is 0. The Bertz CT molecular complexity index is 417. The van der Waals surface area contributed by atoms with E-state index in [0.717, 1.165) is 6.42 Å². The SMILES string of the molecule is CCC1OC(COCC2(CO)OC(CO)C(C)C2C)C(C)C(C)C1O. The fourth-order valence-corrected chi connectivity index (χ4v) is 4.21. The molecule has 6 nitrogen and oxygen atoms in total. The van der Waals surface area contributed by atoms with Crippen LogP contribution < -0.4 is 0 Å². The van der Waals surface area contributed by atoms with E-state index in [2.05, 4.69) is 13.8 Å². The van der Waals surface area contributed by atoms with Crippen molar-refractivity contribution in [2.75, 3.05) is 26.4 Å². The van der Waals surface area contributed by atoms with Crippen LogP contribution in [0, 0.1) is 23.7 Å². The van der Waals surface area contributed by atoms with Gasteiger partial charge in [0.05, 0.1) is 50.8 Å². The summed E-state index contributed by atoms with van der Waals surface area (Å²) in [4.78, 5) is 0. The van der Waals surface area contributed by atoms with Crippen LogP contribution >= 0.6 is 0 Å². The highest BCUT2D eigenvalue weighted by Gasteiger charge is 2.50. The van der Waals surface area contributed by atoms with Gasteiger partial charge in [-0.2, -0.15) is 0 Å². The van der Waals surface area contributed by atoms with E-state index in [1.54, 1.807) is 0 Å². The lowest BCUT2D eigenvalue weighted by molar-refractivity contribution is -0.196. The van der Waals surface area contributed by atoms with Gasteiger partial charge in [0.2, 0.25) is 0 Å². The minimum absolute atomic E-state index is 0.0520. The molecule has 2 rings (SSSR count). The molecule has 9 atom stereocenters. The molecule has 2 aliphatic heterocycles. The smallest absolute Gasteiger partial charge is 0.118 e.